The second kappa shape index (κ2) is 9.37. The van der Waals surface area contributed by atoms with Gasteiger partial charge in [0.05, 0.1) is 4.90 Å². The molecular weight excluding hydrogens is 458 g/mol. The minimum Gasteiger partial charge on any atom is -0.485 e. The summed E-state index contributed by atoms with van der Waals surface area (Å²) in [6, 6.07) is 11.5. The molecule has 0 spiro atoms. The first-order valence-electron chi connectivity index (χ1n) is 10.5. The topological polar surface area (TPSA) is 51.5 Å². The lowest BCUT2D eigenvalue weighted by Crippen LogP contribution is -2.28. The van der Waals surface area contributed by atoms with Gasteiger partial charge in [0.1, 0.15) is 19.1 Å². The van der Waals surface area contributed by atoms with Gasteiger partial charge in [-0.2, -0.15) is 4.31 Å². The molecule has 0 N–H and O–H groups in total. The largest absolute Gasteiger partial charge is 0.485 e. The third kappa shape index (κ3) is 4.36. The van der Waals surface area contributed by atoms with Crippen LogP contribution in [0.1, 0.15) is 24.8 Å². The van der Waals surface area contributed by atoms with E-state index in [4.69, 9.17) is 16.3 Å². The van der Waals surface area contributed by atoms with Gasteiger partial charge in [0.2, 0.25) is 10.0 Å². The normalized spacial score (nSPS) is 17.5. The number of fused-ring (bicyclic) bond motifs is 1. The van der Waals surface area contributed by atoms with Crippen LogP contribution in [0.5, 0.6) is 5.75 Å². The predicted molar refractivity (Wildman–Crippen MR) is 122 cm³/mol. The van der Waals surface area contributed by atoms with E-state index in [1.54, 1.807) is 0 Å². The number of aromatic nitrogens is 1. The summed E-state index contributed by atoms with van der Waals surface area (Å²) in [5, 5.41) is 1.71. The Morgan fingerprint density at radius 1 is 1.16 bits per heavy atom. The SMILES string of the molecule is CCn1cc(C2CCN(S(=O)(=O)c3ccc(OC(CF)CF)cc3)C2)c2cc(Cl)ccc21. The van der Waals surface area contributed by atoms with Crippen LogP contribution >= 0.6 is 11.6 Å². The lowest BCUT2D eigenvalue weighted by molar-refractivity contribution is 0.133. The molecule has 1 aliphatic rings. The number of benzene rings is 2. The third-order valence-corrected chi connectivity index (χ3v) is 8.03. The van der Waals surface area contributed by atoms with Crippen LogP contribution < -0.4 is 4.74 Å². The van der Waals surface area contributed by atoms with Crippen molar-refractivity contribution in [1.82, 2.24) is 8.87 Å². The number of alkyl halides is 2. The Morgan fingerprint density at radius 2 is 1.88 bits per heavy atom. The predicted octanol–water partition coefficient (Wildman–Crippen LogP) is 5.18. The molecule has 0 bridgehead atoms. The molecular formula is C23H25ClF2N2O3S. The van der Waals surface area contributed by atoms with Gasteiger partial charge in [0.15, 0.2) is 6.10 Å². The fourth-order valence-corrected chi connectivity index (χ4v) is 5.89. The Kier molecular flexibility index (Phi) is 6.74. The summed E-state index contributed by atoms with van der Waals surface area (Å²) in [6.45, 7) is 1.77. The lowest BCUT2D eigenvalue weighted by Gasteiger charge is -2.17. The van der Waals surface area contributed by atoms with Crippen LogP contribution in [0.25, 0.3) is 10.9 Å². The number of sulfonamides is 1. The Balaban J connectivity index is 1.54. The maximum atomic E-state index is 13.2. The number of hydrogen-bond donors (Lipinski definition) is 0. The molecule has 0 radical (unpaired) electrons. The molecule has 1 aromatic heterocycles. The highest BCUT2D eigenvalue weighted by molar-refractivity contribution is 7.89. The van der Waals surface area contributed by atoms with E-state index in [2.05, 4.69) is 17.7 Å². The number of ether oxygens (including phenoxy) is 1. The van der Waals surface area contributed by atoms with E-state index in [0.29, 0.717) is 24.5 Å². The Morgan fingerprint density at radius 3 is 2.53 bits per heavy atom. The van der Waals surface area contributed by atoms with E-state index >= 15 is 0 Å². The van der Waals surface area contributed by atoms with Crippen molar-refractivity contribution in [2.75, 3.05) is 26.4 Å². The molecule has 2 aromatic carbocycles. The van der Waals surface area contributed by atoms with Crippen molar-refractivity contribution in [1.29, 1.82) is 0 Å². The molecule has 3 aromatic rings. The highest BCUT2D eigenvalue weighted by Crippen LogP contribution is 2.37. The second-order valence-corrected chi connectivity index (χ2v) is 10.3. The Bertz CT molecular complexity index is 1190. The smallest absolute Gasteiger partial charge is 0.243 e. The molecule has 0 aliphatic carbocycles. The molecule has 0 saturated carbocycles. The fourth-order valence-electron chi connectivity index (χ4n) is 4.22. The van der Waals surface area contributed by atoms with E-state index in [1.807, 2.05) is 18.2 Å². The molecule has 1 unspecified atom stereocenters. The number of hydrogen-bond acceptors (Lipinski definition) is 3. The van der Waals surface area contributed by atoms with Crippen molar-refractivity contribution >= 4 is 32.5 Å². The maximum absolute atomic E-state index is 13.2. The highest BCUT2D eigenvalue weighted by Gasteiger charge is 2.34. The first-order valence-corrected chi connectivity index (χ1v) is 12.4. The van der Waals surface area contributed by atoms with Crippen molar-refractivity contribution < 1.29 is 21.9 Å². The first-order chi connectivity index (χ1) is 15.4. The minimum atomic E-state index is -3.70. The summed E-state index contributed by atoms with van der Waals surface area (Å²) in [4.78, 5) is 0.126. The summed E-state index contributed by atoms with van der Waals surface area (Å²) in [7, 11) is -3.70. The van der Waals surface area contributed by atoms with Crippen LogP contribution in [0.4, 0.5) is 8.78 Å². The quantitative estimate of drug-likeness (QED) is 0.444. The lowest BCUT2D eigenvalue weighted by atomic mass is 9.98. The van der Waals surface area contributed by atoms with Crippen molar-refractivity contribution in [3.05, 3.63) is 59.2 Å². The summed E-state index contributed by atoms with van der Waals surface area (Å²) < 4.78 is 60.5. The van der Waals surface area contributed by atoms with Crippen LogP contribution in [0.3, 0.4) is 0 Å². The van der Waals surface area contributed by atoms with Crippen LogP contribution in [-0.2, 0) is 16.6 Å². The van der Waals surface area contributed by atoms with E-state index in [9.17, 15) is 17.2 Å². The van der Waals surface area contributed by atoms with Gasteiger partial charge in [-0.05, 0) is 61.4 Å². The number of halogens is 3. The van der Waals surface area contributed by atoms with E-state index in [1.165, 1.54) is 28.6 Å². The van der Waals surface area contributed by atoms with Crippen LogP contribution in [0.15, 0.2) is 53.6 Å². The third-order valence-electron chi connectivity index (χ3n) is 5.91. The minimum absolute atomic E-state index is 0.0658. The average Bonchev–Trinajstić information content (AvgIpc) is 3.42. The summed E-state index contributed by atoms with van der Waals surface area (Å²) in [5.74, 6) is 0.295. The second-order valence-electron chi connectivity index (χ2n) is 7.90. The Labute approximate surface area is 191 Å². The van der Waals surface area contributed by atoms with Crippen LogP contribution in [0.2, 0.25) is 5.02 Å². The molecule has 32 heavy (non-hydrogen) atoms. The van der Waals surface area contributed by atoms with E-state index in [0.717, 1.165) is 23.0 Å². The molecule has 9 heteroatoms. The molecule has 4 rings (SSSR count). The van der Waals surface area contributed by atoms with Crippen molar-refractivity contribution in [3.63, 3.8) is 0 Å². The molecule has 1 atom stereocenters. The Hall–Kier alpha value is -2.16. The standard InChI is InChI=1S/C23H25ClF2N2O3S/c1-2-27-15-22(21-11-17(24)3-8-23(21)27)16-9-10-28(14-16)32(29,30)20-6-4-18(5-7-20)31-19(12-25)13-26/h3-8,11,15-16,19H,2,9-10,12-14H2,1H3. The number of nitrogens with zero attached hydrogens (tertiary/aromatic N) is 2. The van der Waals surface area contributed by atoms with E-state index in [-0.39, 0.29) is 16.6 Å². The molecule has 172 valence electrons. The van der Waals surface area contributed by atoms with Crippen molar-refractivity contribution in [3.8, 4) is 5.75 Å². The van der Waals surface area contributed by atoms with Crippen molar-refractivity contribution in [2.24, 2.45) is 0 Å². The number of rotatable bonds is 8. The molecule has 0 amide bonds. The monoisotopic (exact) mass is 482 g/mol. The number of aryl methyl sites for hydroxylation is 1. The maximum Gasteiger partial charge on any atom is 0.243 e. The molecule has 1 saturated heterocycles. The molecule has 5 nitrogen and oxygen atoms in total. The zero-order valence-corrected chi connectivity index (χ0v) is 19.2. The van der Waals surface area contributed by atoms with Crippen LogP contribution in [-0.4, -0.2) is 49.8 Å². The zero-order chi connectivity index (χ0) is 22.9. The molecule has 1 fully saturated rings. The average molecular weight is 483 g/mol. The van der Waals surface area contributed by atoms with Gasteiger partial charge in [-0.25, -0.2) is 17.2 Å². The van der Waals surface area contributed by atoms with Crippen LogP contribution in [0, 0.1) is 0 Å². The van der Waals surface area contributed by atoms with Gasteiger partial charge < -0.3 is 9.30 Å². The zero-order valence-electron chi connectivity index (χ0n) is 17.7. The fraction of sp³-hybridized carbons (Fsp3) is 0.391. The summed E-state index contributed by atoms with van der Waals surface area (Å²) >= 11 is 6.23. The van der Waals surface area contributed by atoms with E-state index < -0.39 is 29.5 Å². The van der Waals surface area contributed by atoms with Gasteiger partial charge in [-0.15, -0.1) is 0 Å². The van der Waals surface area contributed by atoms with Gasteiger partial charge in [0.25, 0.3) is 0 Å². The molecule has 1 aliphatic heterocycles. The van der Waals surface area contributed by atoms with Gasteiger partial charge in [-0.1, -0.05) is 11.6 Å². The molecule has 2 heterocycles. The summed E-state index contributed by atoms with van der Waals surface area (Å²) in [6.07, 6.45) is 1.63. The van der Waals surface area contributed by atoms with Gasteiger partial charge in [-0.3, -0.25) is 0 Å². The van der Waals surface area contributed by atoms with Gasteiger partial charge >= 0.3 is 0 Å². The summed E-state index contributed by atoms with van der Waals surface area (Å²) in [5.41, 5.74) is 2.19. The highest BCUT2D eigenvalue weighted by atomic mass is 35.5. The first kappa shape index (κ1) is 23.0. The van der Waals surface area contributed by atoms with Gasteiger partial charge in [0, 0.05) is 47.7 Å². The van der Waals surface area contributed by atoms with Crippen molar-refractivity contribution in [2.45, 2.75) is 36.8 Å².